The van der Waals surface area contributed by atoms with Crippen molar-refractivity contribution in [3.8, 4) is 5.75 Å². The maximum absolute atomic E-state index is 13.6. The number of rotatable bonds is 15. The van der Waals surface area contributed by atoms with Crippen molar-refractivity contribution in [2.45, 2.75) is 45.2 Å². The summed E-state index contributed by atoms with van der Waals surface area (Å²) in [5.41, 5.74) is 1.59. The van der Waals surface area contributed by atoms with E-state index in [0.717, 1.165) is 38.4 Å². The zero-order valence-electron chi connectivity index (χ0n) is 26.1. The van der Waals surface area contributed by atoms with Crippen LogP contribution in [0.4, 0.5) is 4.79 Å². The van der Waals surface area contributed by atoms with E-state index in [0.29, 0.717) is 50.3 Å². The Bertz CT molecular complexity index is 1230. The first-order valence-corrected chi connectivity index (χ1v) is 15.5. The summed E-state index contributed by atoms with van der Waals surface area (Å²) in [6.07, 6.45) is 3.41. The topological polar surface area (TPSA) is 116 Å². The summed E-state index contributed by atoms with van der Waals surface area (Å²) in [5.74, 6) is 0.243. The Hall–Kier alpha value is -3.96. The third-order valence-corrected chi connectivity index (χ3v) is 7.72. The number of amides is 4. The van der Waals surface area contributed by atoms with Crippen LogP contribution in [0.25, 0.3) is 0 Å². The highest BCUT2D eigenvalue weighted by atomic mass is 16.5. The summed E-state index contributed by atoms with van der Waals surface area (Å²) in [5, 5.41) is 11.8. The summed E-state index contributed by atoms with van der Waals surface area (Å²) in [4.78, 5) is 43.0. The average Bonchev–Trinajstić information content (AvgIpc) is 3.35. The van der Waals surface area contributed by atoms with Crippen LogP contribution in [-0.2, 0) is 16.0 Å². The predicted octanol–water partition coefficient (Wildman–Crippen LogP) is 3.01. The van der Waals surface area contributed by atoms with Crippen molar-refractivity contribution in [3.05, 3.63) is 65.7 Å². The molecule has 2 aliphatic rings. The van der Waals surface area contributed by atoms with E-state index in [1.165, 1.54) is 5.01 Å². The molecule has 0 bridgehead atoms. The van der Waals surface area contributed by atoms with Gasteiger partial charge in [0, 0.05) is 45.0 Å². The lowest BCUT2D eigenvalue weighted by atomic mass is 10.0. The van der Waals surface area contributed by atoms with Crippen LogP contribution in [0.1, 0.15) is 42.6 Å². The fraction of sp³-hybridized carbons (Fsp3) is 0.515. The number of aryl methyl sites for hydroxylation is 1. The van der Waals surface area contributed by atoms with Crippen molar-refractivity contribution in [1.82, 2.24) is 25.4 Å². The summed E-state index contributed by atoms with van der Waals surface area (Å²) in [7, 11) is 1.74. The molecule has 4 rings (SSSR count). The Morgan fingerprint density at radius 2 is 1.73 bits per heavy atom. The van der Waals surface area contributed by atoms with Gasteiger partial charge in [-0.2, -0.15) is 5.10 Å². The van der Waals surface area contributed by atoms with Crippen LogP contribution in [0.2, 0.25) is 0 Å². The molecule has 238 valence electrons. The van der Waals surface area contributed by atoms with Gasteiger partial charge >= 0.3 is 6.03 Å². The lowest BCUT2D eigenvalue weighted by molar-refractivity contribution is -0.123. The van der Waals surface area contributed by atoms with Gasteiger partial charge in [-0.05, 0) is 55.0 Å². The van der Waals surface area contributed by atoms with Crippen molar-refractivity contribution < 1.29 is 23.9 Å². The minimum atomic E-state index is -0.737. The fourth-order valence-corrected chi connectivity index (χ4v) is 5.10. The van der Waals surface area contributed by atoms with Gasteiger partial charge in [0.25, 0.3) is 5.91 Å². The minimum Gasteiger partial charge on any atom is -0.492 e. The van der Waals surface area contributed by atoms with Crippen molar-refractivity contribution in [3.63, 3.8) is 0 Å². The van der Waals surface area contributed by atoms with Crippen LogP contribution in [-0.4, -0.2) is 111 Å². The molecule has 0 radical (unpaired) electrons. The number of urea groups is 1. The minimum absolute atomic E-state index is 0.169. The molecule has 0 saturated carbocycles. The zero-order valence-corrected chi connectivity index (χ0v) is 26.1. The molecule has 44 heavy (non-hydrogen) atoms. The largest absolute Gasteiger partial charge is 0.492 e. The Morgan fingerprint density at radius 1 is 1.00 bits per heavy atom. The molecule has 4 amide bonds. The third kappa shape index (κ3) is 10.3. The number of carbonyl (C=O) groups excluding carboxylic acids is 3. The van der Waals surface area contributed by atoms with Crippen LogP contribution < -0.4 is 15.4 Å². The van der Waals surface area contributed by atoms with E-state index in [1.54, 1.807) is 42.4 Å². The highest BCUT2D eigenvalue weighted by Crippen LogP contribution is 2.14. The summed E-state index contributed by atoms with van der Waals surface area (Å²) >= 11 is 0. The smallest absolute Gasteiger partial charge is 0.340 e. The quantitative estimate of drug-likeness (QED) is 0.301. The molecule has 2 heterocycles. The highest BCUT2D eigenvalue weighted by Gasteiger charge is 2.27. The summed E-state index contributed by atoms with van der Waals surface area (Å²) in [6.45, 7) is 9.81. The van der Waals surface area contributed by atoms with Gasteiger partial charge in [0.15, 0.2) is 0 Å². The van der Waals surface area contributed by atoms with E-state index in [9.17, 15) is 14.4 Å². The Labute approximate surface area is 260 Å². The molecule has 2 aromatic carbocycles. The number of morpholine rings is 1. The Morgan fingerprint density at radius 3 is 2.39 bits per heavy atom. The molecule has 2 fully saturated rings. The van der Waals surface area contributed by atoms with Crippen molar-refractivity contribution in [2.24, 2.45) is 11.0 Å². The number of benzene rings is 2. The van der Waals surface area contributed by atoms with Crippen molar-refractivity contribution >= 4 is 24.1 Å². The molecule has 0 aliphatic carbocycles. The third-order valence-electron chi connectivity index (χ3n) is 7.72. The first-order chi connectivity index (χ1) is 21.3. The van der Waals surface area contributed by atoms with E-state index in [2.05, 4.69) is 20.6 Å². The van der Waals surface area contributed by atoms with Gasteiger partial charge in [-0.15, -0.1) is 0 Å². The number of nitrogens with one attached hydrogen (secondary N) is 2. The van der Waals surface area contributed by atoms with E-state index >= 15 is 0 Å². The maximum Gasteiger partial charge on any atom is 0.340 e. The number of hydrogen-bond acceptors (Lipinski definition) is 7. The van der Waals surface area contributed by atoms with Crippen LogP contribution >= 0.6 is 0 Å². The predicted molar refractivity (Wildman–Crippen MR) is 170 cm³/mol. The van der Waals surface area contributed by atoms with Gasteiger partial charge in [0.05, 0.1) is 25.8 Å². The number of hydrogen-bond donors (Lipinski definition) is 2. The zero-order chi connectivity index (χ0) is 31.3. The van der Waals surface area contributed by atoms with Gasteiger partial charge in [-0.3, -0.25) is 14.5 Å². The first-order valence-electron chi connectivity index (χ1n) is 15.5. The molecular weight excluding hydrogens is 560 g/mol. The number of carbonyl (C=O) groups is 3. The van der Waals surface area contributed by atoms with Gasteiger partial charge in [0.2, 0.25) is 5.91 Å². The molecule has 2 N–H and O–H groups in total. The second-order valence-corrected chi connectivity index (χ2v) is 11.7. The summed E-state index contributed by atoms with van der Waals surface area (Å²) < 4.78 is 11.2. The Kier molecular flexibility index (Phi) is 12.6. The van der Waals surface area contributed by atoms with E-state index in [4.69, 9.17) is 9.47 Å². The number of ether oxygens (including phenoxy) is 2. The van der Waals surface area contributed by atoms with Crippen molar-refractivity contribution in [1.29, 1.82) is 0 Å². The molecule has 2 aliphatic heterocycles. The lowest BCUT2D eigenvalue weighted by Crippen LogP contribution is -2.50. The van der Waals surface area contributed by atoms with Crippen LogP contribution in [0, 0.1) is 5.92 Å². The van der Waals surface area contributed by atoms with Gasteiger partial charge < -0.3 is 25.0 Å². The molecule has 0 unspecified atom stereocenters. The van der Waals surface area contributed by atoms with Crippen LogP contribution in [0.3, 0.4) is 0 Å². The monoisotopic (exact) mass is 606 g/mol. The van der Waals surface area contributed by atoms with E-state index < -0.39 is 12.1 Å². The maximum atomic E-state index is 13.6. The Balaban J connectivity index is 1.36. The molecule has 0 spiro atoms. The normalized spacial score (nSPS) is 17.2. The SMILES string of the molecule is CC(C)C[C@H](NC(=O)c1ccc(OCCN2CCOCC2)cc1)C(=O)N[C@H](/C=N/N1CCN(C)C1=O)CCc1ccccc1. The van der Waals surface area contributed by atoms with E-state index in [1.807, 2.05) is 44.2 Å². The van der Waals surface area contributed by atoms with Crippen LogP contribution in [0.5, 0.6) is 5.75 Å². The first kappa shape index (κ1) is 32.9. The molecular formula is C33H46N6O5. The fourth-order valence-electron chi connectivity index (χ4n) is 5.10. The number of hydrazone groups is 1. The van der Waals surface area contributed by atoms with Gasteiger partial charge in [-0.25, -0.2) is 9.80 Å². The lowest BCUT2D eigenvalue weighted by Gasteiger charge is -2.26. The molecule has 11 heteroatoms. The number of likely N-dealkylation sites (N-methyl/N-ethyl adjacent to an activating group) is 1. The summed E-state index contributed by atoms with van der Waals surface area (Å²) in [6, 6.07) is 15.6. The molecule has 2 saturated heterocycles. The second kappa shape index (κ2) is 16.8. The van der Waals surface area contributed by atoms with Crippen LogP contribution in [0.15, 0.2) is 59.7 Å². The van der Waals surface area contributed by atoms with E-state index in [-0.39, 0.29) is 23.8 Å². The van der Waals surface area contributed by atoms with Gasteiger partial charge in [-0.1, -0.05) is 44.2 Å². The molecule has 11 nitrogen and oxygen atoms in total. The molecule has 0 aromatic heterocycles. The van der Waals surface area contributed by atoms with Crippen molar-refractivity contribution in [2.75, 3.05) is 59.6 Å². The second-order valence-electron chi connectivity index (χ2n) is 11.7. The highest BCUT2D eigenvalue weighted by molar-refractivity contribution is 5.98. The standard InChI is InChI=1S/C33H46N6O5/c1-25(2)23-30(36-31(40)27-10-13-29(14-11-27)44-22-19-38-17-20-43-21-18-38)32(41)35-28(12-9-26-7-5-4-6-8-26)24-34-39-16-15-37(3)33(39)42/h4-8,10-11,13-14,24-25,28,30H,9,12,15-23H2,1-3H3,(H,35,41)(H,36,40)/b34-24+/t28-,30-/m0/s1. The average molecular weight is 607 g/mol. The van der Waals surface area contributed by atoms with Gasteiger partial charge in [0.1, 0.15) is 18.4 Å². The number of nitrogens with zero attached hydrogens (tertiary/aromatic N) is 4. The molecule has 2 atom stereocenters. The molecule has 2 aromatic rings.